The molecule has 1 aromatic heterocycles. The summed E-state index contributed by atoms with van der Waals surface area (Å²) in [6.07, 6.45) is -4.97. The molecule has 15 nitrogen and oxygen atoms in total. The molecule has 4 aromatic rings. The van der Waals surface area contributed by atoms with E-state index in [0.717, 1.165) is 27.8 Å². The van der Waals surface area contributed by atoms with Crippen LogP contribution in [0.4, 0.5) is 0 Å². The van der Waals surface area contributed by atoms with Crippen molar-refractivity contribution in [1.29, 1.82) is 0 Å². The number of nitrogens with one attached hydrogen (secondary N) is 1. The topological polar surface area (TPSA) is 215 Å². The molecule has 46 heavy (non-hydrogen) atoms. The number of carbonyl (C=O) groups is 1. The Balaban J connectivity index is 1.43. The van der Waals surface area contributed by atoms with Crippen LogP contribution in [0.3, 0.4) is 0 Å². The van der Waals surface area contributed by atoms with Gasteiger partial charge in [-0.1, -0.05) is 78.8 Å². The van der Waals surface area contributed by atoms with E-state index in [-0.39, 0.29) is 12.4 Å². The summed E-state index contributed by atoms with van der Waals surface area (Å²) in [5.74, 6) is -1.55. The van der Waals surface area contributed by atoms with Crippen LogP contribution in [-0.2, 0) is 30.0 Å². The lowest BCUT2D eigenvalue weighted by molar-refractivity contribution is -0.148. The van der Waals surface area contributed by atoms with E-state index in [1.54, 1.807) is 48.5 Å². The van der Waals surface area contributed by atoms with Crippen molar-refractivity contribution in [3.8, 4) is 5.75 Å². The number of fused-ring (bicyclic) bond motifs is 1. The summed E-state index contributed by atoms with van der Waals surface area (Å²) in [4.78, 5) is 41.6. The minimum absolute atomic E-state index is 0.0250. The molecule has 1 fully saturated rings. The average Bonchev–Trinajstić information content (AvgIpc) is 3.29. The number of ether oxygens (including phenoxy) is 2. The first-order valence-corrected chi connectivity index (χ1v) is 15.8. The van der Waals surface area contributed by atoms with E-state index >= 15 is 0 Å². The predicted octanol–water partition coefficient (Wildman–Crippen LogP) is 3.62. The molecular weight excluding hydrogens is 621 g/mol. The van der Waals surface area contributed by atoms with Gasteiger partial charge in [0.05, 0.1) is 18.7 Å². The van der Waals surface area contributed by atoms with Crippen molar-refractivity contribution in [2.75, 3.05) is 12.8 Å². The second-order valence-corrected chi connectivity index (χ2v) is 12.7. The van der Waals surface area contributed by atoms with Gasteiger partial charge in [0, 0.05) is 22.6 Å². The first-order chi connectivity index (χ1) is 22.0. The fourth-order valence-corrected chi connectivity index (χ4v) is 6.83. The maximum atomic E-state index is 14.5. The largest absolute Gasteiger partial charge is 0.461 e. The van der Waals surface area contributed by atoms with Gasteiger partial charge in [0.2, 0.25) is 5.72 Å². The van der Waals surface area contributed by atoms with E-state index in [4.69, 9.17) is 18.5 Å². The van der Waals surface area contributed by atoms with Crippen LogP contribution in [0.2, 0.25) is 0 Å². The van der Waals surface area contributed by atoms with Crippen LogP contribution in [-0.4, -0.2) is 56.4 Å². The normalized spacial score (nSPS) is 22.8. The maximum absolute atomic E-state index is 14.5. The number of carbonyl (C=O) groups excluding carboxylic acids is 1. The first-order valence-electron chi connectivity index (χ1n) is 14.1. The number of rotatable bonds is 12. The molecule has 240 valence electrons. The summed E-state index contributed by atoms with van der Waals surface area (Å²) in [6, 6.07) is 22.1. The number of hydrogen-bond acceptors (Lipinski definition) is 11. The third kappa shape index (κ3) is 7.05. The minimum atomic E-state index is -4.40. The number of esters is 1. The van der Waals surface area contributed by atoms with Crippen molar-refractivity contribution in [2.24, 2.45) is 11.0 Å². The van der Waals surface area contributed by atoms with Gasteiger partial charge in [-0.3, -0.25) is 23.7 Å². The second-order valence-electron chi connectivity index (χ2n) is 10.6. The van der Waals surface area contributed by atoms with Crippen molar-refractivity contribution in [3.05, 3.63) is 122 Å². The number of aliphatic hydroxyl groups excluding tert-OH is 2. The zero-order chi connectivity index (χ0) is 32.9. The van der Waals surface area contributed by atoms with Crippen LogP contribution in [0.1, 0.15) is 18.7 Å². The number of benzene rings is 3. The number of aromatic amines is 1. The monoisotopic (exact) mass is 651 g/mol. The van der Waals surface area contributed by atoms with E-state index in [1.807, 2.05) is 29.2 Å². The Labute approximate surface area is 261 Å². The minimum Gasteiger partial charge on any atom is -0.461 e. The van der Waals surface area contributed by atoms with Gasteiger partial charge in [-0.05, 0) is 22.5 Å². The number of hydrogen-bond donors (Lipinski definition) is 3. The molecule has 0 spiro atoms. The Morgan fingerprint density at radius 3 is 2.57 bits per heavy atom. The third-order valence-electron chi connectivity index (χ3n) is 7.32. The van der Waals surface area contributed by atoms with Crippen molar-refractivity contribution in [2.45, 2.75) is 37.7 Å². The van der Waals surface area contributed by atoms with Crippen molar-refractivity contribution >= 4 is 24.3 Å². The summed E-state index contributed by atoms with van der Waals surface area (Å²) in [7, 11) is -4.40. The summed E-state index contributed by atoms with van der Waals surface area (Å²) >= 11 is 0. The van der Waals surface area contributed by atoms with Crippen molar-refractivity contribution in [3.63, 3.8) is 0 Å². The highest BCUT2D eigenvalue weighted by Crippen LogP contribution is 2.53. The van der Waals surface area contributed by atoms with Crippen molar-refractivity contribution < 1.29 is 38.1 Å². The van der Waals surface area contributed by atoms with E-state index in [0.29, 0.717) is 5.39 Å². The molecule has 0 radical (unpaired) electrons. The molecule has 0 aliphatic carbocycles. The van der Waals surface area contributed by atoms with Crippen molar-refractivity contribution in [1.82, 2.24) is 9.55 Å². The number of nitrogens with zero attached hydrogens (tertiary/aromatic N) is 4. The zero-order valence-corrected chi connectivity index (χ0v) is 25.3. The number of aromatic nitrogens is 2. The van der Waals surface area contributed by atoms with Crippen LogP contribution in [0.25, 0.3) is 21.2 Å². The third-order valence-corrected chi connectivity index (χ3v) is 9.31. The predicted molar refractivity (Wildman–Crippen MR) is 164 cm³/mol. The van der Waals surface area contributed by atoms with Gasteiger partial charge in [0.15, 0.2) is 6.23 Å². The zero-order valence-electron chi connectivity index (χ0n) is 24.4. The molecule has 1 aliphatic rings. The first kappa shape index (κ1) is 32.6. The molecule has 3 aromatic carbocycles. The summed E-state index contributed by atoms with van der Waals surface area (Å²) in [6.45, 7) is 0.517. The lowest BCUT2D eigenvalue weighted by atomic mass is 10.1. The molecule has 16 heteroatoms. The molecular formula is C30H30N5O10P. The van der Waals surface area contributed by atoms with Crippen LogP contribution in [0.15, 0.2) is 99.8 Å². The molecule has 6 atom stereocenters. The lowest BCUT2D eigenvalue weighted by Gasteiger charge is -2.29. The van der Waals surface area contributed by atoms with Gasteiger partial charge in [-0.15, -0.1) is 0 Å². The molecule has 0 saturated carbocycles. The molecule has 2 heterocycles. The van der Waals surface area contributed by atoms with E-state index in [2.05, 4.69) is 10.0 Å². The van der Waals surface area contributed by atoms with Gasteiger partial charge in [-0.2, -0.15) is 0 Å². The van der Waals surface area contributed by atoms with Gasteiger partial charge >= 0.3 is 19.3 Å². The van der Waals surface area contributed by atoms with Gasteiger partial charge < -0.3 is 24.2 Å². The van der Waals surface area contributed by atoms with Gasteiger partial charge in [-0.25, -0.2) is 9.36 Å². The number of H-pyrrole nitrogens is 1. The Hall–Kier alpha value is -4.75. The molecule has 0 amide bonds. The Bertz CT molecular complexity index is 1920. The molecule has 0 bridgehead atoms. The van der Waals surface area contributed by atoms with Crippen LogP contribution in [0.5, 0.6) is 5.75 Å². The van der Waals surface area contributed by atoms with E-state index in [9.17, 15) is 34.7 Å². The highest BCUT2D eigenvalue weighted by molar-refractivity contribution is 7.54. The Morgan fingerprint density at radius 2 is 1.83 bits per heavy atom. The summed E-state index contributed by atoms with van der Waals surface area (Å²) < 4.78 is 38.1. The highest BCUT2D eigenvalue weighted by atomic mass is 31.2. The smallest absolute Gasteiger partial charge is 0.380 e. The van der Waals surface area contributed by atoms with Crippen LogP contribution in [0, 0.1) is 5.92 Å². The molecule has 5 rings (SSSR count). The number of azide groups is 1. The fraction of sp³-hybridized carbons (Fsp3) is 0.300. The van der Waals surface area contributed by atoms with E-state index < -0.39 is 67.7 Å². The van der Waals surface area contributed by atoms with Crippen LogP contribution >= 0.6 is 7.60 Å². The Morgan fingerprint density at radius 1 is 1.11 bits per heavy atom. The summed E-state index contributed by atoms with van der Waals surface area (Å²) in [5, 5.41) is 26.6. The standard InChI is InChI=1S/C30H30N5O10P/c1-19(28(39)42-16-20-8-3-2-4-9-20)17-46(41,45-23-13-7-11-21-10-5-6-12-22(21)23)43-18-30(33-34-31)26(38)25(37)27(44-30)35-15-14-24(36)32-29(35)40/h2-15,19,25-27,37-38H,16-18H2,1H3,(H,32,36,40)/t19-,25-,26+,27-,30-,46?/m1/s1. The van der Waals surface area contributed by atoms with Gasteiger partial charge in [0.25, 0.3) is 5.56 Å². The molecule has 1 unspecified atom stereocenters. The quantitative estimate of drug-likeness (QED) is 0.0665. The van der Waals surface area contributed by atoms with E-state index in [1.165, 1.54) is 6.92 Å². The highest BCUT2D eigenvalue weighted by Gasteiger charge is 2.56. The number of aliphatic hydroxyl groups is 2. The second kappa shape index (κ2) is 13.7. The average molecular weight is 652 g/mol. The van der Waals surface area contributed by atoms with Gasteiger partial charge in [0.1, 0.15) is 24.6 Å². The SMILES string of the molecule is C[C@H](CP(=O)(OC[C@@]1(N=[N+]=[N-])O[C@@H](n2ccc(=O)[nH]c2=O)[C@H](O)[C@@H]1O)Oc1cccc2ccccc12)C(=O)OCc1ccccc1. The Kier molecular flexibility index (Phi) is 9.73. The summed E-state index contributed by atoms with van der Waals surface area (Å²) in [5.41, 5.74) is 5.98. The van der Waals surface area contributed by atoms with Crippen LogP contribution < -0.4 is 15.8 Å². The lowest BCUT2D eigenvalue weighted by Crippen LogP contribution is -2.45. The molecule has 1 aliphatic heterocycles. The fourth-order valence-electron chi connectivity index (χ4n) is 4.94. The maximum Gasteiger partial charge on any atom is 0.380 e. The molecule has 3 N–H and O–H groups in total. The molecule has 1 saturated heterocycles.